The molecule has 0 aliphatic carbocycles. The van der Waals surface area contributed by atoms with Crippen molar-refractivity contribution in [3.63, 3.8) is 0 Å². The lowest BCUT2D eigenvalue weighted by atomic mass is 10.1. The highest BCUT2D eigenvalue weighted by Crippen LogP contribution is 2.11. The van der Waals surface area contributed by atoms with Gasteiger partial charge in [0.2, 0.25) is 0 Å². The van der Waals surface area contributed by atoms with Gasteiger partial charge in [0.25, 0.3) is 0 Å². The van der Waals surface area contributed by atoms with E-state index in [0.717, 1.165) is 44.3 Å². The normalized spacial score (nSPS) is 10.9. The second-order valence-electron chi connectivity index (χ2n) is 5.30. The lowest BCUT2D eigenvalue weighted by Gasteiger charge is -2.08. The van der Waals surface area contributed by atoms with E-state index in [9.17, 15) is 0 Å². The molecule has 0 saturated heterocycles. The Morgan fingerprint density at radius 3 is 2.32 bits per heavy atom. The summed E-state index contributed by atoms with van der Waals surface area (Å²) in [5.74, 6) is 1.66. The maximum absolute atomic E-state index is 5.14. The van der Waals surface area contributed by atoms with Gasteiger partial charge < -0.3 is 15.4 Å². The summed E-state index contributed by atoms with van der Waals surface area (Å²) in [6.45, 7) is 8.82. The fraction of sp³-hybridized carbons (Fsp3) is 0.625. The summed E-state index contributed by atoms with van der Waals surface area (Å²) in [4.78, 5) is 0. The van der Waals surface area contributed by atoms with Gasteiger partial charge >= 0.3 is 0 Å². The number of hydrogen-bond acceptors (Lipinski definition) is 3. The number of ether oxygens (including phenoxy) is 1. The van der Waals surface area contributed by atoms with Gasteiger partial charge in [-0.3, -0.25) is 0 Å². The van der Waals surface area contributed by atoms with Crippen molar-refractivity contribution in [3.05, 3.63) is 29.8 Å². The third kappa shape index (κ3) is 7.85. The molecule has 2 N–H and O–H groups in total. The Balaban J connectivity index is 1.98. The number of hydrogen-bond donors (Lipinski definition) is 2. The maximum Gasteiger partial charge on any atom is 0.118 e. The summed E-state index contributed by atoms with van der Waals surface area (Å²) < 4.78 is 5.14. The minimum atomic E-state index is 0.739. The monoisotopic (exact) mass is 264 g/mol. The predicted molar refractivity (Wildman–Crippen MR) is 81.9 cm³/mol. The van der Waals surface area contributed by atoms with Gasteiger partial charge in [-0.25, -0.2) is 0 Å². The first kappa shape index (κ1) is 16.0. The zero-order valence-corrected chi connectivity index (χ0v) is 12.5. The van der Waals surface area contributed by atoms with Crippen molar-refractivity contribution in [2.75, 3.05) is 33.3 Å². The molecule has 108 valence electrons. The van der Waals surface area contributed by atoms with Gasteiger partial charge in [0, 0.05) is 0 Å². The Morgan fingerprint density at radius 2 is 1.68 bits per heavy atom. The maximum atomic E-state index is 5.14. The molecule has 0 unspecified atom stereocenters. The largest absolute Gasteiger partial charge is 0.497 e. The molecule has 3 heteroatoms. The second-order valence-corrected chi connectivity index (χ2v) is 5.30. The van der Waals surface area contributed by atoms with Crippen LogP contribution in [0.5, 0.6) is 5.75 Å². The second kappa shape index (κ2) is 9.82. The molecule has 3 nitrogen and oxygen atoms in total. The Morgan fingerprint density at radius 1 is 1.00 bits per heavy atom. The van der Waals surface area contributed by atoms with E-state index in [-0.39, 0.29) is 0 Å². The Hall–Kier alpha value is -1.06. The standard InChI is InChI=1S/C16H28N2O/c1-14(2)13-18-11-4-10-17-12-9-15-5-7-16(19-3)8-6-15/h5-8,14,17-18H,4,9-13H2,1-3H3. The van der Waals surface area contributed by atoms with Gasteiger partial charge in [0.1, 0.15) is 5.75 Å². The minimum absolute atomic E-state index is 0.739. The Kier molecular flexibility index (Phi) is 8.26. The number of nitrogens with one attached hydrogen (secondary N) is 2. The summed E-state index contributed by atoms with van der Waals surface area (Å²) >= 11 is 0. The van der Waals surface area contributed by atoms with Crippen LogP contribution in [0.3, 0.4) is 0 Å². The molecule has 0 aliphatic rings. The minimum Gasteiger partial charge on any atom is -0.497 e. The van der Waals surface area contributed by atoms with Crippen LogP contribution in [0.2, 0.25) is 0 Å². The van der Waals surface area contributed by atoms with Crippen molar-refractivity contribution in [2.24, 2.45) is 5.92 Å². The van der Waals surface area contributed by atoms with E-state index in [0.29, 0.717) is 0 Å². The highest BCUT2D eigenvalue weighted by molar-refractivity contribution is 5.27. The molecular formula is C16H28N2O. The molecule has 0 radical (unpaired) electrons. The lowest BCUT2D eigenvalue weighted by Crippen LogP contribution is -2.25. The van der Waals surface area contributed by atoms with Gasteiger partial charge in [-0.15, -0.1) is 0 Å². The molecule has 1 aromatic rings. The molecule has 0 bridgehead atoms. The van der Waals surface area contributed by atoms with E-state index in [1.165, 1.54) is 12.0 Å². The average molecular weight is 264 g/mol. The quantitative estimate of drug-likeness (QED) is 0.637. The predicted octanol–water partition coefficient (Wildman–Crippen LogP) is 2.46. The third-order valence-corrected chi connectivity index (χ3v) is 3.01. The van der Waals surface area contributed by atoms with Crippen LogP contribution < -0.4 is 15.4 Å². The van der Waals surface area contributed by atoms with Gasteiger partial charge in [-0.2, -0.15) is 0 Å². The van der Waals surface area contributed by atoms with Gasteiger partial charge in [0.05, 0.1) is 7.11 Å². The molecule has 0 saturated carbocycles. The highest BCUT2D eigenvalue weighted by Gasteiger charge is 1.95. The fourth-order valence-corrected chi connectivity index (χ4v) is 1.88. The first-order valence-corrected chi connectivity index (χ1v) is 7.26. The van der Waals surface area contributed by atoms with Gasteiger partial charge in [-0.1, -0.05) is 26.0 Å². The van der Waals surface area contributed by atoms with Crippen molar-refractivity contribution in [3.8, 4) is 5.75 Å². The summed E-state index contributed by atoms with van der Waals surface area (Å²) in [7, 11) is 1.70. The van der Waals surface area contributed by atoms with Crippen LogP contribution >= 0.6 is 0 Å². The van der Waals surface area contributed by atoms with Crippen LogP contribution in [-0.2, 0) is 6.42 Å². The van der Waals surface area contributed by atoms with Crippen LogP contribution in [0, 0.1) is 5.92 Å². The molecule has 0 heterocycles. The van der Waals surface area contributed by atoms with E-state index in [2.05, 4.69) is 36.6 Å². The molecule has 0 amide bonds. The van der Waals surface area contributed by atoms with Crippen molar-refractivity contribution >= 4 is 0 Å². The lowest BCUT2D eigenvalue weighted by molar-refractivity contribution is 0.414. The summed E-state index contributed by atoms with van der Waals surface area (Å²) in [5.41, 5.74) is 1.35. The summed E-state index contributed by atoms with van der Waals surface area (Å²) in [5, 5.41) is 6.93. The van der Waals surface area contributed by atoms with Crippen molar-refractivity contribution in [1.82, 2.24) is 10.6 Å². The smallest absolute Gasteiger partial charge is 0.118 e. The first-order chi connectivity index (χ1) is 9.22. The molecule has 1 aromatic carbocycles. The zero-order valence-electron chi connectivity index (χ0n) is 12.5. The molecule has 0 fully saturated rings. The third-order valence-electron chi connectivity index (χ3n) is 3.01. The van der Waals surface area contributed by atoms with Crippen molar-refractivity contribution < 1.29 is 4.74 Å². The number of rotatable bonds is 10. The molecule has 0 spiro atoms. The van der Waals surface area contributed by atoms with Gasteiger partial charge in [0.15, 0.2) is 0 Å². The Labute approximate surface area is 117 Å². The Bertz CT molecular complexity index is 322. The highest BCUT2D eigenvalue weighted by atomic mass is 16.5. The van der Waals surface area contributed by atoms with Gasteiger partial charge in [-0.05, 0) is 62.6 Å². The van der Waals surface area contributed by atoms with E-state index in [1.807, 2.05) is 12.1 Å². The molecule has 0 aromatic heterocycles. The van der Waals surface area contributed by atoms with Crippen LogP contribution in [0.4, 0.5) is 0 Å². The van der Waals surface area contributed by atoms with E-state index >= 15 is 0 Å². The molecule has 19 heavy (non-hydrogen) atoms. The summed E-state index contributed by atoms with van der Waals surface area (Å²) in [6.07, 6.45) is 2.26. The van der Waals surface area contributed by atoms with E-state index in [4.69, 9.17) is 4.74 Å². The number of methoxy groups -OCH3 is 1. The van der Waals surface area contributed by atoms with Crippen LogP contribution in [0.15, 0.2) is 24.3 Å². The zero-order chi connectivity index (χ0) is 13.9. The van der Waals surface area contributed by atoms with E-state index < -0.39 is 0 Å². The fourth-order valence-electron chi connectivity index (χ4n) is 1.88. The molecule has 0 aliphatic heterocycles. The molecule has 1 rings (SSSR count). The van der Waals surface area contributed by atoms with Crippen LogP contribution in [0.1, 0.15) is 25.8 Å². The summed E-state index contributed by atoms with van der Waals surface area (Å²) in [6, 6.07) is 8.30. The average Bonchev–Trinajstić information content (AvgIpc) is 2.42. The topological polar surface area (TPSA) is 33.3 Å². The SMILES string of the molecule is COc1ccc(CCNCCCNCC(C)C)cc1. The van der Waals surface area contributed by atoms with Crippen LogP contribution in [0.25, 0.3) is 0 Å². The molecule has 0 atom stereocenters. The van der Waals surface area contributed by atoms with Crippen LogP contribution in [-0.4, -0.2) is 33.3 Å². The van der Waals surface area contributed by atoms with E-state index in [1.54, 1.807) is 7.11 Å². The number of benzene rings is 1. The van der Waals surface area contributed by atoms with Crippen molar-refractivity contribution in [1.29, 1.82) is 0 Å². The molecular weight excluding hydrogens is 236 g/mol. The first-order valence-electron chi connectivity index (χ1n) is 7.26. The van der Waals surface area contributed by atoms with Crippen molar-refractivity contribution in [2.45, 2.75) is 26.7 Å².